The Balaban J connectivity index is 2.12. The van der Waals surface area contributed by atoms with Crippen LogP contribution in [0, 0.1) is 17.5 Å². The average molecular weight is 457 g/mol. The summed E-state index contributed by atoms with van der Waals surface area (Å²) in [4.78, 5) is 16.2. The van der Waals surface area contributed by atoms with Crippen molar-refractivity contribution < 1.29 is 27.4 Å². The molecule has 3 aromatic rings. The molecule has 2 aromatic carbocycles. The lowest BCUT2D eigenvalue weighted by molar-refractivity contribution is 0.0601. The lowest BCUT2D eigenvalue weighted by Gasteiger charge is -2.11. The fraction of sp³-hybridized carbons (Fsp3) is 0.263. The third-order valence-electron chi connectivity index (χ3n) is 4.31. The number of methoxy groups -OCH3 is 2. The Labute approximate surface area is 167 Å². The van der Waals surface area contributed by atoms with Crippen LogP contribution in [-0.2, 0) is 22.4 Å². The molecule has 0 bridgehead atoms. The molecule has 0 aliphatic heterocycles. The Morgan fingerprint density at radius 1 is 1.18 bits per heavy atom. The summed E-state index contributed by atoms with van der Waals surface area (Å²) in [5.41, 5.74) is 0.987. The van der Waals surface area contributed by atoms with Crippen LogP contribution in [0.3, 0.4) is 0 Å². The molecular weight excluding hydrogens is 441 g/mol. The minimum atomic E-state index is -1.27. The van der Waals surface area contributed by atoms with Crippen LogP contribution in [0.2, 0.25) is 0 Å². The molecule has 9 heteroatoms. The predicted octanol–water partition coefficient (Wildman–Crippen LogP) is 4.24. The van der Waals surface area contributed by atoms with Gasteiger partial charge in [0, 0.05) is 25.6 Å². The first-order valence-corrected chi connectivity index (χ1v) is 9.05. The van der Waals surface area contributed by atoms with E-state index in [0.717, 1.165) is 6.07 Å². The minimum absolute atomic E-state index is 0.270. The normalized spacial score (nSPS) is 11.2. The molecule has 0 radical (unpaired) electrons. The van der Waals surface area contributed by atoms with Gasteiger partial charge in [0.2, 0.25) is 0 Å². The highest BCUT2D eigenvalue weighted by atomic mass is 79.9. The number of rotatable bonds is 6. The number of carbonyl (C=O) groups is 1. The molecule has 28 heavy (non-hydrogen) atoms. The summed E-state index contributed by atoms with van der Waals surface area (Å²) in [6.45, 7) is 0.635. The Kier molecular flexibility index (Phi) is 6.04. The third kappa shape index (κ3) is 3.77. The Morgan fingerprint density at radius 2 is 1.93 bits per heavy atom. The lowest BCUT2D eigenvalue weighted by atomic mass is 10.1. The number of fused-ring (bicyclic) bond motifs is 1. The molecule has 0 N–H and O–H groups in total. The topological polar surface area (TPSA) is 53.4 Å². The van der Waals surface area contributed by atoms with Crippen molar-refractivity contribution >= 4 is 32.9 Å². The van der Waals surface area contributed by atoms with E-state index in [4.69, 9.17) is 9.47 Å². The molecule has 0 fully saturated rings. The van der Waals surface area contributed by atoms with Crippen molar-refractivity contribution in [3.63, 3.8) is 0 Å². The summed E-state index contributed by atoms with van der Waals surface area (Å²) in [5.74, 6) is -3.52. The zero-order valence-electron chi connectivity index (χ0n) is 15.1. The van der Waals surface area contributed by atoms with Gasteiger partial charge in [-0.2, -0.15) is 0 Å². The number of hydrogen-bond acceptors (Lipinski definition) is 4. The maximum Gasteiger partial charge on any atom is 0.337 e. The van der Waals surface area contributed by atoms with E-state index in [1.807, 2.05) is 0 Å². The predicted molar refractivity (Wildman–Crippen MR) is 99.8 cm³/mol. The molecule has 1 aromatic heterocycles. The second-order valence-corrected chi connectivity index (χ2v) is 6.85. The van der Waals surface area contributed by atoms with Gasteiger partial charge in [0.1, 0.15) is 11.6 Å². The molecule has 0 aliphatic carbocycles. The number of carbonyl (C=O) groups excluding carboxylic acids is 1. The summed E-state index contributed by atoms with van der Waals surface area (Å²) in [7, 11) is 2.79. The highest BCUT2D eigenvalue weighted by Crippen LogP contribution is 2.27. The van der Waals surface area contributed by atoms with Crippen molar-refractivity contribution in [3.05, 3.63) is 63.1 Å². The molecule has 0 amide bonds. The maximum atomic E-state index is 14.3. The second kappa shape index (κ2) is 8.32. The van der Waals surface area contributed by atoms with Crippen molar-refractivity contribution in [1.82, 2.24) is 9.55 Å². The quantitative estimate of drug-likeness (QED) is 0.316. The van der Waals surface area contributed by atoms with Crippen molar-refractivity contribution in [1.29, 1.82) is 0 Å². The van der Waals surface area contributed by atoms with E-state index in [2.05, 4.69) is 20.9 Å². The number of nitrogens with zero attached hydrogens (tertiary/aromatic N) is 2. The molecule has 0 saturated heterocycles. The zero-order valence-corrected chi connectivity index (χ0v) is 16.6. The highest BCUT2D eigenvalue weighted by Gasteiger charge is 2.21. The number of halogens is 4. The first kappa shape index (κ1) is 20.3. The highest BCUT2D eigenvalue weighted by molar-refractivity contribution is 9.10. The van der Waals surface area contributed by atoms with E-state index < -0.39 is 29.0 Å². The van der Waals surface area contributed by atoms with Crippen LogP contribution in [0.25, 0.3) is 11.0 Å². The van der Waals surface area contributed by atoms with Crippen LogP contribution < -0.4 is 0 Å². The van der Waals surface area contributed by atoms with E-state index in [1.165, 1.54) is 14.2 Å². The molecule has 148 valence electrons. The van der Waals surface area contributed by atoms with Crippen LogP contribution in [0.15, 0.2) is 28.7 Å². The number of esters is 1. The van der Waals surface area contributed by atoms with Crippen LogP contribution in [0.4, 0.5) is 13.2 Å². The maximum absolute atomic E-state index is 14.3. The summed E-state index contributed by atoms with van der Waals surface area (Å²) < 4.78 is 53.7. The van der Waals surface area contributed by atoms with Crippen LogP contribution in [-0.4, -0.2) is 36.3 Å². The van der Waals surface area contributed by atoms with Crippen LogP contribution in [0.5, 0.6) is 0 Å². The fourth-order valence-electron chi connectivity index (χ4n) is 2.91. The van der Waals surface area contributed by atoms with Gasteiger partial charge in [0.15, 0.2) is 11.6 Å². The van der Waals surface area contributed by atoms with Crippen molar-refractivity contribution in [3.8, 4) is 0 Å². The summed E-state index contributed by atoms with van der Waals surface area (Å²) in [5, 5.41) is 0. The summed E-state index contributed by atoms with van der Waals surface area (Å²) in [6.07, 6.45) is -0.270. The zero-order chi connectivity index (χ0) is 20.4. The van der Waals surface area contributed by atoms with Crippen LogP contribution >= 0.6 is 15.9 Å². The van der Waals surface area contributed by atoms with Gasteiger partial charge in [0.25, 0.3) is 0 Å². The second-order valence-electron chi connectivity index (χ2n) is 5.99. The lowest BCUT2D eigenvalue weighted by Crippen LogP contribution is -2.11. The molecular formula is C19H16BrF3N2O3. The number of ether oxygens (including phenoxy) is 2. The number of aromatic nitrogens is 2. The molecule has 0 spiro atoms. The van der Waals surface area contributed by atoms with Gasteiger partial charge in [-0.05, 0) is 40.2 Å². The smallest absolute Gasteiger partial charge is 0.337 e. The Bertz CT molecular complexity index is 1050. The number of benzene rings is 2. The molecule has 3 rings (SSSR count). The first-order valence-electron chi connectivity index (χ1n) is 8.25. The van der Waals surface area contributed by atoms with Gasteiger partial charge in [0.05, 0.1) is 34.8 Å². The van der Waals surface area contributed by atoms with E-state index in [-0.39, 0.29) is 10.9 Å². The third-order valence-corrected chi connectivity index (χ3v) is 4.89. The Hall–Kier alpha value is -2.39. The Morgan fingerprint density at radius 3 is 2.61 bits per heavy atom. The first-order chi connectivity index (χ1) is 13.4. The molecule has 0 unspecified atom stereocenters. The van der Waals surface area contributed by atoms with E-state index in [1.54, 1.807) is 22.8 Å². The molecule has 1 heterocycles. The monoisotopic (exact) mass is 456 g/mol. The molecule has 0 atom stereocenters. The fourth-order valence-corrected chi connectivity index (χ4v) is 3.28. The van der Waals surface area contributed by atoms with E-state index in [0.29, 0.717) is 35.6 Å². The largest absolute Gasteiger partial charge is 0.465 e. The van der Waals surface area contributed by atoms with Crippen molar-refractivity contribution in [2.45, 2.75) is 13.0 Å². The standard InChI is InChI=1S/C19H16BrF3N2O3/c1-27-6-5-25-15-7-10(19(26)28-2)3-4-14(15)24-16(25)8-11-13(21)9-12(20)18(23)17(11)22/h3-4,7,9H,5-6,8H2,1-2H3. The van der Waals surface area contributed by atoms with Gasteiger partial charge in [-0.25, -0.2) is 22.9 Å². The average Bonchev–Trinajstić information content (AvgIpc) is 3.03. The van der Waals surface area contributed by atoms with Crippen molar-refractivity contribution in [2.24, 2.45) is 0 Å². The van der Waals surface area contributed by atoms with Gasteiger partial charge in [-0.1, -0.05) is 0 Å². The van der Waals surface area contributed by atoms with Gasteiger partial charge in [-0.15, -0.1) is 0 Å². The van der Waals surface area contributed by atoms with Crippen LogP contribution in [0.1, 0.15) is 21.7 Å². The van der Waals surface area contributed by atoms with E-state index >= 15 is 0 Å². The van der Waals surface area contributed by atoms with Crippen molar-refractivity contribution in [2.75, 3.05) is 20.8 Å². The van der Waals surface area contributed by atoms with Gasteiger partial charge < -0.3 is 14.0 Å². The molecule has 5 nitrogen and oxygen atoms in total. The molecule has 0 aliphatic rings. The number of imidazole rings is 1. The molecule has 0 saturated carbocycles. The number of hydrogen-bond donors (Lipinski definition) is 0. The van der Waals surface area contributed by atoms with Gasteiger partial charge in [-0.3, -0.25) is 0 Å². The summed E-state index contributed by atoms with van der Waals surface area (Å²) >= 11 is 2.79. The van der Waals surface area contributed by atoms with E-state index in [9.17, 15) is 18.0 Å². The SMILES string of the molecule is COCCn1c(Cc2c(F)cc(Br)c(F)c2F)nc2ccc(C(=O)OC)cc21. The van der Waals surface area contributed by atoms with Gasteiger partial charge >= 0.3 is 5.97 Å². The minimum Gasteiger partial charge on any atom is -0.465 e. The summed E-state index contributed by atoms with van der Waals surface area (Å²) in [6, 6.07) is 5.63.